The van der Waals surface area contributed by atoms with E-state index in [1.807, 2.05) is 12.1 Å². The van der Waals surface area contributed by atoms with Gasteiger partial charge in [-0.25, -0.2) is 9.78 Å². The summed E-state index contributed by atoms with van der Waals surface area (Å²) in [4.78, 5) is 17.9. The fraction of sp³-hybridized carbons (Fsp3) is 0.286. The number of hydrogen-bond acceptors (Lipinski definition) is 5. The van der Waals surface area contributed by atoms with E-state index in [2.05, 4.69) is 40.6 Å². The molecule has 19 heavy (non-hydrogen) atoms. The van der Waals surface area contributed by atoms with Crippen LogP contribution in [0.2, 0.25) is 0 Å². The summed E-state index contributed by atoms with van der Waals surface area (Å²) in [5.74, 6) is -0.400. The summed E-state index contributed by atoms with van der Waals surface area (Å²) < 4.78 is 4.68. The maximum absolute atomic E-state index is 11.4. The van der Waals surface area contributed by atoms with E-state index in [-0.39, 0.29) is 0 Å². The lowest BCUT2D eigenvalue weighted by molar-refractivity contribution is 0.0595. The van der Waals surface area contributed by atoms with Crippen molar-refractivity contribution in [1.82, 2.24) is 4.98 Å². The molecule has 0 saturated heterocycles. The second-order valence-electron chi connectivity index (χ2n) is 4.04. The van der Waals surface area contributed by atoms with Gasteiger partial charge in [-0.15, -0.1) is 11.3 Å². The number of carbonyl (C=O) groups excluding carboxylic acids is 1. The van der Waals surface area contributed by atoms with Crippen molar-refractivity contribution in [3.63, 3.8) is 0 Å². The highest BCUT2D eigenvalue weighted by Gasteiger charge is 2.16. The van der Waals surface area contributed by atoms with Crippen LogP contribution in [0.3, 0.4) is 0 Å². The van der Waals surface area contributed by atoms with Crippen LogP contribution in [0.5, 0.6) is 0 Å². The van der Waals surface area contributed by atoms with Crippen molar-refractivity contribution in [1.29, 1.82) is 0 Å². The molecule has 0 fully saturated rings. The molecular formula is C14H16N2O2S. The Morgan fingerprint density at radius 1 is 1.42 bits per heavy atom. The Morgan fingerprint density at radius 2 is 2.16 bits per heavy atom. The number of hydrogen-bond donors (Lipinski definition) is 0. The van der Waals surface area contributed by atoms with Crippen LogP contribution in [0.15, 0.2) is 29.6 Å². The lowest BCUT2D eigenvalue weighted by Crippen LogP contribution is -2.17. The van der Waals surface area contributed by atoms with E-state index in [4.69, 9.17) is 0 Å². The van der Waals surface area contributed by atoms with Gasteiger partial charge in [0.25, 0.3) is 0 Å². The molecule has 2 rings (SSSR count). The summed E-state index contributed by atoms with van der Waals surface area (Å²) in [5, 5.41) is 2.53. The Hall–Kier alpha value is -1.88. The van der Waals surface area contributed by atoms with Gasteiger partial charge in [-0.1, -0.05) is 18.2 Å². The number of rotatable bonds is 4. The van der Waals surface area contributed by atoms with Crippen molar-refractivity contribution in [2.45, 2.75) is 13.8 Å². The third-order valence-electron chi connectivity index (χ3n) is 2.84. The van der Waals surface area contributed by atoms with E-state index in [0.29, 0.717) is 5.69 Å². The number of para-hydroxylation sites is 1. The van der Waals surface area contributed by atoms with Crippen molar-refractivity contribution in [2.75, 3.05) is 18.6 Å². The molecular weight excluding hydrogens is 260 g/mol. The number of thiazole rings is 1. The van der Waals surface area contributed by atoms with Crippen LogP contribution < -0.4 is 4.90 Å². The van der Waals surface area contributed by atoms with Gasteiger partial charge in [-0.05, 0) is 25.5 Å². The molecule has 0 bridgehead atoms. The summed E-state index contributed by atoms with van der Waals surface area (Å²) in [6.45, 7) is 4.91. The molecule has 100 valence electrons. The number of anilines is 2. The smallest absolute Gasteiger partial charge is 0.357 e. The Morgan fingerprint density at radius 3 is 2.79 bits per heavy atom. The van der Waals surface area contributed by atoms with Crippen molar-refractivity contribution >= 4 is 28.1 Å². The molecule has 0 atom stereocenters. The van der Waals surface area contributed by atoms with Gasteiger partial charge in [-0.2, -0.15) is 0 Å². The lowest BCUT2D eigenvalue weighted by atomic mass is 10.2. The Bertz CT molecular complexity index is 580. The predicted octanol–water partition coefficient (Wildman–Crippen LogP) is 3.40. The average Bonchev–Trinajstić information content (AvgIpc) is 2.90. The molecule has 0 radical (unpaired) electrons. The maximum atomic E-state index is 11.4. The van der Waals surface area contributed by atoms with Crippen molar-refractivity contribution in [3.8, 4) is 0 Å². The van der Waals surface area contributed by atoms with E-state index >= 15 is 0 Å². The summed E-state index contributed by atoms with van der Waals surface area (Å²) in [6, 6.07) is 8.12. The zero-order valence-electron chi connectivity index (χ0n) is 11.2. The van der Waals surface area contributed by atoms with Crippen LogP contribution in [-0.4, -0.2) is 24.6 Å². The molecule has 0 aliphatic carbocycles. The zero-order valence-corrected chi connectivity index (χ0v) is 12.0. The molecule has 1 heterocycles. The van der Waals surface area contributed by atoms with Crippen LogP contribution in [0, 0.1) is 6.92 Å². The zero-order chi connectivity index (χ0) is 13.8. The normalized spacial score (nSPS) is 10.3. The number of aromatic nitrogens is 1. The van der Waals surface area contributed by atoms with Gasteiger partial charge < -0.3 is 9.64 Å². The summed E-state index contributed by atoms with van der Waals surface area (Å²) >= 11 is 1.44. The van der Waals surface area contributed by atoms with Gasteiger partial charge in [0, 0.05) is 17.6 Å². The Labute approximate surface area is 116 Å². The first kappa shape index (κ1) is 13.5. The molecule has 1 aromatic carbocycles. The second kappa shape index (κ2) is 5.84. The summed E-state index contributed by atoms with van der Waals surface area (Å²) in [5.41, 5.74) is 2.64. The molecule has 0 unspecified atom stereocenters. The molecule has 5 heteroatoms. The predicted molar refractivity (Wildman–Crippen MR) is 77.3 cm³/mol. The third-order valence-corrected chi connectivity index (χ3v) is 3.70. The van der Waals surface area contributed by atoms with E-state index in [1.165, 1.54) is 24.0 Å². The topological polar surface area (TPSA) is 42.4 Å². The number of carbonyl (C=O) groups is 1. The van der Waals surface area contributed by atoms with Gasteiger partial charge in [0.2, 0.25) is 0 Å². The first-order valence-corrected chi connectivity index (χ1v) is 6.92. The molecule has 0 saturated carbocycles. The summed E-state index contributed by atoms with van der Waals surface area (Å²) in [6.07, 6.45) is 0. The fourth-order valence-electron chi connectivity index (χ4n) is 1.86. The highest BCUT2D eigenvalue weighted by atomic mass is 32.1. The largest absolute Gasteiger partial charge is 0.464 e. The van der Waals surface area contributed by atoms with Gasteiger partial charge in [-0.3, -0.25) is 0 Å². The minimum absolute atomic E-state index is 0.356. The Kier molecular flexibility index (Phi) is 4.16. The maximum Gasteiger partial charge on any atom is 0.357 e. The number of methoxy groups -OCH3 is 1. The van der Waals surface area contributed by atoms with Gasteiger partial charge in [0.15, 0.2) is 10.8 Å². The van der Waals surface area contributed by atoms with Gasteiger partial charge in [0.1, 0.15) is 0 Å². The molecule has 0 aliphatic rings. The number of aryl methyl sites for hydroxylation is 1. The van der Waals surface area contributed by atoms with E-state index in [9.17, 15) is 4.79 Å². The van der Waals surface area contributed by atoms with Crippen molar-refractivity contribution < 1.29 is 9.53 Å². The quantitative estimate of drug-likeness (QED) is 0.803. The minimum atomic E-state index is -0.400. The second-order valence-corrected chi connectivity index (χ2v) is 4.87. The molecule has 1 aromatic heterocycles. The van der Waals surface area contributed by atoms with Crippen molar-refractivity contribution in [2.24, 2.45) is 0 Å². The average molecular weight is 276 g/mol. The first-order valence-electron chi connectivity index (χ1n) is 6.04. The lowest BCUT2D eigenvalue weighted by Gasteiger charge is -2.21. The van der Waals surface area contributed by atoms with E-state index in [0.717, 1.165) is 17.4 Å². The molecule has 0 amide bonds. The highest BCUT2D eigenvalue weighted by Crippen LogP contribution is 2.30. The highest BCUT2D eigenvalue weighted by molar-refractivity contribution is 7.14. The van der Waals surface area contributed by atoms with Crippen molar-refractivity contribution in [3.05, 3.63) is 40.9 Å². The van der Waals surface area contributed by atoms with Crippen LogP contribution in [0.25, 0.3) is 0 Å². The fourth-order valence-corrected chi connectivity index (χ4v) is 2.73. The third kappa shape index (κ3) is 2.76. The number of esters is 1. The molecule has 2 aromatic rings. The monoisotopic (exact) mass is 276 g/mol. The molecule has 0 N–H and O–H groups in total. The van der Waals surface area contributed by atoms with E-state index < -0.39 is 5.97 Å². The number of ether oxygens (including phenoxy) is 1. The van der Waals surface area contributed by atoms with Gasteiger partial charge >= 0.3 is 5.97 Å². The first-order chi connectivity index (χ1) is 9.17. The number of benzene rings is 1. The van der Waals surface area contributed by atoms with Crippen LogP contribution >= 0.6 is 11.3 Å². The van der Waals surface area contributed by atoms with Crippen LogP contribution in [-0.2, 0) is 4.74 Å². The van der Waals surface area contributed by atoms with E-state index in [1.54, 1.807) is 5.38 Å². The SMILES string of the molecule is CCN(c1nc(C(=O)OC)cs1)c1ccccc1C. The minimum Gasteiger partial charge on any atom is -0.464 e. The molecule has 0 aliphatic heterocycles. The number of nitrogens with zero attached hydrogens (tertiary/aromatic N) is 2. The standard InChI is InChI=1S/C14H16N2O2S/c1-4-16(12-8-6-5-7-10(12)2)14-15-11(9-19-14)13(17)18-3/h5-9H,4H2,1-3H3. The molecule has 4 nitrogen and oxygen atoms in total. The van der Waals surface area contributed by atoms with Crippen LogP contribution in [0.1, 0.15) is 23.0 Å². The summed E-state index contributed by atoms with van der Waals surface area (Å²) in [7, 11) is 1.36. The van der Waals surface area contributed by atoms with Crippen LogP contribution in [0.4, 0.5) is 10.8 Å². The molecule has 0 spiro atoms. The van der Waals surface area contributed by atoms with Gasteiger partial charge in [0.05, 0.1) is 7.11 Å². The Balaban J connectivity index is 2.35.